The molecule has 1 aliphatic heterocycles. The number of nitrogens with zero attached hydrogens (tertiary/aromatic N) is 2. The minimum Gasteiger partial charge on any atom is -0.508 e. The Morgan fingerprint density at radius 1 is 1.15 bits per heavy atom. The molecule has 8 heteroatoms. The molecule has 2 aromatic rings. The quantitative estimate of drug-likeness (QED) is 0.474. The van der Waals surface area contributed by atoms with Crippen LogP contribution < -0.4 is 10.2 Å². The molecule has 4 N–H and O–H groups in total. The summed E-state index contributed by atoms with van der Waals surface area (Å²) < 4.78 is 5.95. The lowest BCUT2D eigenvalue weighted by Crippen LogP contribution is -2.32. The molecule has 2 aromatic carbocycles. The second kappa shape index (κ2) is 7.09. The van der Waals surface area contributed by atoms with Crippen LogP contribution in [0.3, 0.4) is 0 Å². The van der Waals surface area contributed by atoms with Crippen LogP contribution in [0, 0.1) is 0 Å². The van der Waals surface area contributed by atoms with Crippen LogP contribution in [-0.4, -0.2) is 45.1 Å². The highest BCUT2D eigenvalue weighted by Crippen LogP contribution is 2.42. The number of hydrogen-bond donors (Lipinski definition) is 4. The van der Waals surface area contributed by atoms with Gasteiger partial charge in [-0.2, -0.15) is 5.10 Å². The molecule has 1 atom stereocenters. The van der Waals surface area contributed by atoms with Gasteiger partial charge in [0, 0.05) is 32.6 Å². The SMILES string of the molecule is CN(C)C(=S)N/N=C1\C[C@@H](c2ccc(O)cc2)Oc2cc(O)cc(O)c21. The summed E-state index contributed by atoms with van der Waals surface area (Å²) in [4.78, 5) is 1.70. The van der Waals surface area contributed by atoms with Crippen molar-refractivity contribution in [2.45, 2.75) is 12.5 Å². The third kappa shape index (κ3) is 3.65. The lowest BCUT2D eigenvalue weighted by atomic mass is 9.94. The van der Waals surface area contributed by atoms with Gasteiger partial charge in [0.15, 0.2) is 5.11 Å². The first-order valence-corrected chi connectivity index (χ1v) is 8.31. The number of phenolic OH excluding ortho intramolecular Hbond substituents is 3. The molecular formula is C18H19N3O4S. The molecule has 0 radical (unpaired) electrons. The maximum Gasteiger partial charge on any atom is 0.189 e. The topological polar surface area (TPSA) is 97.6 Å². The Morgan fingerprint density at radius 2 is 1.85 bits per heavy atom. The summed E-state index contributed by atoms with van der Waals surface area (Å²) in [7, 11) is 3.59. The molecule has 0 amide bonds. The fourth-order valence-corrected chi connectivity index (χ4v) is 2.68. The van der Waals surface area contributed by atoms with Gasteiger partial charge >= 0.3 is 0 Å². The first-order valence-electron chi connectivity index (χ1n) is 7.91. The molecule has 3 rings (SSSR count). The van der Waals surface area contributed by atoms with E-state index in [0.29, 0.717) is 28.6 Å². The van der Waals surface area contributed by atoms with Gasteiger partial charge in [-0.15, -0.1) is 0 Å². The lowest BCUT2D eigenvalue weighted by molar-refractivity contribution is 0.204. The van der Waals surface area contributed by atoms with Crippen LogP contribution in [0.15, 0.2) is 41.5 Å². The van der Waals surface area contributed by atoms with Crippen molar-refractivity contribution in [1.82, 2.24) is 10.3 Å². The zero-order valence-corrected chi connectivity index (χ0v) is 15.1. The number of fused-ring (bicyclic) bond motifs is 1. The molecule has 0 spiro atoms. The molecule has 1 heterocycles. The Labute approximate surface area is 156 Å². The van der Waals surface area contributed by atoms with Crippen molar-refractivity contribution < 1.29 is 20.1 Å². The van der Waals surface area contributed by atoms with Crippen LogP contribution in [0.5, 0.6) is 23.0 Å². The monoisotopic (exact) mass is 373 g/mol. The van der Waals surface area contributed by atoms with E-state index in [0.717, 1.165) is 5.56 Å². The standard InChI is InChI=1S/C18H19N3O4S/c1-21(2)18(26)20-19-13-9-15(10-3-5-11(22)6-4-10)25-16-8-12(23)7-14(24)17(13)16/h3-8,15,22-24H,9H2,1-2H3,(H,20,26)/b19-13+/t15-/m0/s1. The number of aromatic hydroxyl groups is 3. The highest BCUT2D eigenvalue weighted by molar-refractivity contribution is 7.80. The van der Waals surface area contributed by atoms with E-state index in [1.807, 2.05) is 0 Å². The van der Waals surface area contributed by atoms with Gasteiger partial charge in [0.05, 0.1) is 11.3 Å². The smallest absolute Gasteiger partial charge is 0.189 e. The van der Waals surface area contributed by atoms with Crippen molar-refractivity contribution in [3.63, 3.8) is 0 Å². The number of rotatable bonds is 2. The fourth-order valence-electron chi connectivity index (χ4n) is 2.63. The van der Waals surface area contributed by atoms with E-state index in [1.165, 1.54) is 12.1 Å². The van der Waals surface area contributed by atoms with Crippen molar-refractivity contribution in [3.8, 4) is 23.0 Å². The Kier molecular flexibility index (Phi) is 4.85. The van der Waals surface area contributed by atoms with Crippen LogP contribution in [0.2, 0.25) is 0 Å². The Morgan fingerprint density at radius 3 is 2.50 bits per heavy atom. The maximum absolute atomic E-state index is 10.3. The third-order valence-electron chi connectivity index (χ3n) is 3.96. The van der Waals surface area contributed by atoms with Gasteiger partial charge in [-0.3, -0.25) is 5.43 Å². The number of ether oxygens (including phenoxy) is 1. The van der Waals surface area contributed by atoms with Gasteiger partial charge in [0.1, 0.15) is 29.1 Å². The van der Waals surface area contributed by atoms with E-state index in [2.05, 4.69) is 10.5 Å². The number of benzene rings is 2. The summed E-state index contributed by atoms with van der Waals surface area (Å²) in [5.74, 6) is 0.250. The van der Waals surface area contributed by atoms with E-state index < -0.39 is 6.10 Å². The van der Waals surface area contributed by atoms with Crippen molar-refractivity contribution in [2.24, 2.45) is 5.10 Å². The van der Waals surface area contributed by atoms with E-state index >= 15 is 0 Å². The summed E-state index contributed by atoms with van der Waals surface area (Å²) in [6.07, 6.45) is -0.0168. The molecule has 0 bridgehead atoms. The number of hydrazone groups is 1. The number of phenols is 3. The molecule has 0 fully saturated rings. The zero-order chi connectivity index (χ0) is 18.8. The van der Waals surface area contributed by atoms with Crippen molar-refractivity contribution in [2.75, 3.05) is 14.1 Å². The maximum atomic E-state index is 10.3. The molecular weight excluding hydrogens is 354 g/mol. The van der Waals surface area contributed by atoms with E-state index in [1.54, 1.807) is 43.3 Å². The fraction of sp³-hybridized carbons (Fsp3) is 0.222. The van der Waals surface area contributed by atoms with Crippen LogP contribution in [0.25, 0.3) is 0 Å². The molecule has 0 saturated heterocycles. The molecule has 7 nitrogen and oxygen atoms in total. The first-order chi connectivity index (χ1) is 12.3. The highest BCUT2D eigenvalue weighted by atomic mass is 32.1. The van der Waals surface area contributed by atoms with Crippen LogP contribution in [0.4, 0.5) is 0 Å². The average Bonchev–Trinajstić information content (AvgIpc) is 2.59. The molecule has 136 valence electrons. The summed E-state index contributed by atoms with van der Waals surface area (Å²) in [6, 6.07) is 9.32. The average molecular weight is 373 g/mol. The summed E-state index contributed by atoms with van der Waals surface area (Å²) in [6.45, 7) is 0. The predicted molar refractivity (Wildman–Crippen MR) is 102 cm³/mol. The normalized spacial score (nSPS) is 17.3. The number of nitrogens with one attached hydrogen (secondary N) is 1. The second-order valence-electron chi connectivity index (χ2n) is 6.11. The Bertz CT molecular complexity index is 865. The van der Waals surface area contributed by atoms with E-state index in [4.69, 9.17) is 17.0 Å². The Balaban J connectivity index is 2.00. The van der Waals surface area contributed by atoms with Gasteiger partial charge in [-0.1, -0.05) is 12.1 Å². The zero-order valence-electron chi connectivity index (χ0n) is 14.3. The van der Waals surface area contributed by atoms with Gasteiger partial charge < -0.3 is 25.0 Å². The summed E-state index contributed by atoms with van der Waals surface area (Å²) in [5.41, 5.74) is 4.58. The summed E-state index contributed by atoms with van der Waals surface area (Å²) in [5, 5.41) is 34.3. The number of hydrogen-bond acceptors (Lipinski definition) is 6. The van der Waals surface area contributed by atoms with Crippen molar-refractivity contribution in [3.05, 3.63) is 47.5 Å². The van der Waals surface area contributed by atoms with Gasteiger partial charge in [-0.05, 0) is 29.9 Å². The molecule has 1 aliphatic rings. The van der Waals surface area contributed by atoms with Crippen molar-refractivity contribution >= 4 is 23.0 Å². The van der Waals surface area contributed by atoms with Crippen LogP contribution >= 0.6 is 12.2 Å². The van der Waals surface area contributed by atoms with Gasteiger partial charge in [0.2, 0.25) is 0 Å². The predicted octanol–water partition coefficient (Wildman–Crippen LogP) is 2.47. The van der Waals surface area contributed by atoms with Gasteiger partial charge in [0.25, 0.3) is 0 Å². The van der Waals surface area contributed by atoms with Crippen molar-refractivity contribution in [1.29, 1.82) is 0 Å². The summed E-state index contributed by atoms with van der Waals surface area (Å²) >= 11 is 5.18. The second-order valence-corrected chi connectivity index (χ2v) is 6.50. The molecule has 0 saturated carbocycles. The van der Waals surface area contributed by atoms with E-state index in [-0.39, 0.29) is 17.2 Å². The van der Waals surface area contributed by atoms with Crippen LogP contribution in [-0.2, 0) is 0 Å². The largest absolute Gasteiger partial charge is 0.508 e. The highest BCUT2D eigenvalue weighted by Gasteiger charge is 2.29. The minimum atomic E-state index is -0.391. The Hall–Kier alpha value is -3.00. The molecule has 26 heavy (non-hydrogen) atoms. The first kappa shape index (κ1) is 17.8. The van der Waals surface area contributed by atoms with E-state index in [9.17, 15) is 15.3 Å². The third-order valence-corrected chi connectivity index (χ3v) is 4.42. The van der Waals surface area contributed by atoms with Crippen LogP contribution in [0.1, 0.15) is 23.7 Å². The number of thiocarbonyl (C=S) groups is 1. The minimum absolute atomic E-state index is 0.108. The van der Waals surface area contributed by atoms with Gasteiger partial charge in [-0.25, -0.2) is 0 Å². The molecule has 0 aliphatic carbocycles. The lowest BCUT2D eigenvalue weighted by Gasteiger charge is -2.28. The molecule has 0 unspecified atom stereocenters. The molecule has 0 aromatic heterocycles.